The van der Waals surface area contributed by atoms with Gasteiger partial charge in [-0.3, -0.25) is 0 Å². The zero-order valence-corrected chi connectivity index (χ0v) is 7.99. The van der Waals surface area contributed by atoms with Crippen LogP contribution in [0.1, 0.15) is 25.7 Å². The minimum absolute atomic E-state index is 0. The second-order valence-corrected chi connectivity index (χ2v) is 3.27. The number of hydrogen-bond acceptors (Lipinski definition) is 2. The minimum Gasteiger partial charge on any atom is -0.327 e. The summed E-state index contributed by atoms with van der Waals surface area (Å²) >= 11 is 0. The van der Waals surface area contributed by atoms with Gasteiger partial charge in [0.1, 0.15) is 0 Å². The molecule has 1 saturated carbocycles. The molecule has 68 valence electrons. The van der Waals surface area contributed by atoms with E-state index in [0.29, 0.717) is 6.04 Å². The topological polar surface area (TPSA) is 38.0 Å². The minimum atomic E-state index is 0. The van der Waals surface area contributed by atoms with Crippen LogP contribution < -0.4 is 11.1 Å². The predicted octanol–water partition coefficient (Wildman–Crippen LogP) is 1.15. The summed E-state index contributed by atoms with van der Waals surface area (Å²) in [5.74, 6) is 0.735. The Morgan fingerprint density at radius 1 is 1.36 bits per heavy atom. The molecule has 0 aromatic rings. The van der Waals surface area contributed by atoms with E-state index in [1.54, 1.807) is 0 Å². The maximum atomic E-state index is 5.93. The third-order valence-corrected chi connectivity index (χ3v) is 2.43. The number of halogens is 1. The van der Waals surface area contributed by atoms with E-state index in [2.05, 4.69) is 5.32 Å². The summed E-state index contributed by atoms with van der Waals surface area (Å²) in [6, 6.07) is 0.459. The van der Waals surface area contributed by atoms with Crippen molar-refractivity contribution in [2.75, 3.05) is 13.6 Å². The number of hydrogen-bond donors (Lipinski definition) is 2. The molecule has 2 atom stereocenters. The van der Waals surface area contributed by atoms with Gasteiger partial charge in [0.2, 0.25) is 0 Å². The summed E-state index contributed by atoms with van der Waals surface area (Å²) in [5.41, 5.74) is 5.93. The van der Waals surface area contributed by atoms with Crippen LogP contribution in [0.4, 0.5) is 0 Å². The van der Waals surface area contributed by atoms with E-state index in [-0.39, 0.29) is 12.4 Å². The van der Waals surface area contributed by atoms with Crippen molar-refractivity contribution in [3.8, 4) is 0 Å². The Morgan fingerprint density at radius 3 is 2.55 bits per heavy atom. The van der Waals surface area contributed by atoms with Gasteiger partial charge >= 0.3 is 0 Å². The molecule has 1 rings (SSSR count). The molecule has 3 N–H and O–H groups in total. The standard InChI is InChI=1S/C8H18N2.ClH/c1-10-6-7-4-2-3-5-8(7)9;/h7-8,10H,2-6,9H2,1H3;1H/t7-,8-;/m0./s1. The molecule has 1 fully saturated rings. The van der Waals surface area contributed by atoms with Crippen molar-refractivity contribution in [1.82, 2.24) is 5.32 Å². The number of nitrogens with one attached hydrogen (secondary N) is 1. The van der Waals surface area contributed by atoms with Gasteiger partial charge in [-0.25, -0.2) is 0 Å². The molecule has 0 amide bonds. The average Bonchev–Trinajstić information content (AvgIpc) is 1.94. The second kappa shape index (κ2) is 5.81. The van der Waals surface area contributed by atoms with Crippen LogP contribution >= 0.6 is 12.4 Å². The Hall–Kier alpha value is 0.210. The largest absolute Gasteiger partial charge is 0.327 e. The van der Waals surface area contributed by atoms with Gasteiger partial charge in [0, 0.05) is 6.04 Å². The SMILES string of the molecule is CNC[C@@H]1CCCC[C@@H]1N.Cl. The second-order valence-electron chi connectivity index (χ2n) is 3.27. The molecule has 0 heterocycles. The van der Waals surface area contributed by atoms with Gasteiger partial charge in [-0.05, 0) is 32.4 Å². The third-order valence-electron chi connectivity index (χ3n) is 2.43. The molecule has 0 unspecified atom stereocenters. The first-order chi connectivity index (χ1) is 4.84. The van der Waals surface area contributed by atoms with Crippen molar-refractivity contribution in [3.63, 3.8) is 0 Å². The lowest BCUT2D eigenvalue weighted by Gasteiger charge is -2.28. The van der Waals surface area contributed by atoms with E-state index in [4.69, 9.17) is 5.73 Å². The zero-order chi connectivity index (χ0) is 7.40. The van der Waals surface area contributed by atoms with E-state index in [9.17, 15) is 0 Å². The molecule has 0 aromatic heterocycles. The van der Waals surface area contributed by atoms with E-state index >= 15 is 0 Å². The van der Waals surface area contributed by atoms with Gasteiger partial charge in [0.05, 0.1) is 0 Å². The number of nitrogens with two attached hydrogens (primary N) is 1. The number of rotatable bonds is 2. The summed E-state index contributed by atoms with van der Waals surface area (Å²) in [5, 5.41) is 3.19. The van der Waals surface area contributed by atoms with Crippen LogP contribution in [0.3, 0.4) is 0 Å². The Morgan fingerprint density at radius 2 is 2.00 bits per heavy atom. The van der Waals surface area contributed by atoms with E-state index < -0.39 is 0 Å². The molecular weight excluding hydrogens is 160 g/mol. The van der Waals surface area contributed by atoms with Crippen molar-refractivity contribution >= 4 is 12.4 Å². The van der Waals surface area contributed by atoms with Gasteiger partial charge in [-0.2, -0.15) is 0 Å². The normalized spacial score (nSPS) is 31.1. The van der Waals surface area contributed by atoms with Crippen LogP contribution in [0.25, 0.3) is 0 Å². The molecule has 0 spiro atoms. The van der Waals surface area contributed by atoms with Gasteiger partial charge in [0.15, 0.2) is 0 Å². The first-order valence-electron chi connectivity index (χ1n) is 4.24. The average molecular weight is 179 g/mol. The molecule has 0 radical (unpaired) electrons. The van der Waals surface area contributed by atoms with E-state index in [1.165, 1.54) is 25.7 Å². The molecule has 1 aliphatic carbocycles. The molecule has 3 heteroatoms. The predicted molar refractivity (Wildman–Crippen MR) is 51.1 cm³/mol. The van der Waals surface area contributed by atoms with Gasteiger partial charge < -0.3 is 11.1 Å². The van der Waals surface area contributed by atoms with Gasteiger partial charge in [-0.1, -0.05) is 12.8 Å². The fourth-order valence-corrected chi connectivity index (χ4v) is 1.75. The summed E-state index contributed by atoms with van der Waals surface area (Å²) in [6.45, 7) is 1.10. The van der Waals surface area contributed by atoms with Crippen LogP contribution in [0, 0.1) is 5.92 Å². The Balaban J connectivity index is 0.000001000. The maximum absolute atomic E-state index is 5.93. The summed E-state index contributed by atoms with van der Waals surface area (Å²) in [7, 11) is 2.00. The Kier molecular flexibility index (Phi) is 5.92. The lowest BCUT2D eigenvalue weighted by molar-refractivity contribution is 0.302. The summed E-state index contributed by atoms with van der Waals surface area (Å²) in [6.07, 6.45) is 5.26. The quantitative estimate of drug-likeness (QED) is 0.666. The molecular formula is C8H19ClN2. The smallest absolute Gasteiger partial charge is 0.00792 e. The van der Waals surface area contributed by atoms with Gasteiger partial charge in [-0.15, -0.1) is 12.4 Å². The summed E-state index contributed by atoms with van der Waals surface area (Å²) < 4.78 is 0. The van der Waals surface area contributed by atoms with Crippen molar-refractivity contribution in [2.24, 2.45) is 11.7 Å². The van der Waals surface area contributed by atoms with E-state index in [1.807, 2.05) is 7.05 Å². The highest BCUT2D eigenvalue weighted by atomic mass is 35.5. The van der Waals surface area contributed by atoms with Crippen LogP contribution in [-0.2, 0) is 0 Å². The fourth-order valence-electron chi connectivity index (χ4n) is 1.75. The molecule has 0 bridgehead atoms. The van der Waals surface area contributed by atoms with Crippen molar-refractivity contribution < 1.29 is 0 Å². The molecule has 11 heavy (non-hydrogen) atoms. The summed E-state index contributed by atoms with van der Waals surface area (Å²) in [4.78, 5) is 0. The van der Waals surface area contributed by atoms with E-state index in [0.717, 1.165) is 12.5 Å². The molecule has 0 saturated heterocycles. The fraction of sp³-hybridized carbons (Fsp3) is 1.00. The molecule has 1 aliphatic rings. The molecule has 0 aromatic carbocycles. The molecule has 0 aliphatic heterocycles. The van der Waals surface area contributed by atoms with Crippen LogP contribution in [0.5, 0.6) is 0 Å². The first kappa shape index (κ1) is 11.2. The third kappa shape index (κ3) is 3.41. The van der Waals surface area contributed by atoms with Crippen molar-refractivity contribution in [2.45, 2.75) is 31.7 Å². The highest BCUT2D eigenvalue weighted by Gasteiger charge is 2.20. The monoisotopic (exact) mass is 178 g/mol. The van der Waals surface area contributed by atoms with Gasteiger partial charge in [0.25, 0.3) is 0 Å². The lowest BCUT2D eigenvalue weighted by Crippen LogP contribution is -2.38. The molecule has 2 nitrogen and oxygen atoms in total. The zero-order valence-electron chi connectivity index (χ0n) is 7.18. The lowest BCUT2D eigenvalue weighted by atomic mass is 9.85. The Labute approximate surface area is 75.3 Å². The van der Waals surface area contributed by atoms with Crippen molar-refractivity contribution in [1.29, 1.82) is 0 Å². The Bertz CT molecular complexity index is 96.1. The van der Waals surface area contributed by atoms with Crippen LogP contribution in [0.2, 0.25) is 0 Å². The maximum Gasteiger partial charge on any atom is 0.00792 e. The highest BCUT2D eigenvalue weighted by Crippen LogP contribution is 2.21. The van der Waals surface area contributed by atoms with Crippen molar-refractivity contribution in [3.05, 3.63) is 0 Å². The first-order valence-corrected chi connectivity index (χ1v) is 4.24. The van der Waals surface area contributed by atoms with Crippen LogP contribution in [-0.4, -0.2) is 19.6 Å². The van der Waals surface area contributed by atoms with Crippen LogP contribution in [0.15, 0.2) is 0 Å². The highest BCUT2D eigenvalue weighted by molar-refractivity contribution is 5.85.